The molecule has 0 saturated heterocycles. The lowest BCUT2D eigenvalue weighted by atomic mass is 9.89. The Bertz CT molecular complexity index is 1090. The fourth-order valence-corrected chi connectivity index (χ4v) is 4.14. The van der Waals surface area contributed by atoms with Gasteiger partial charge in [-0.1, -0.05) is 43.0 Å². The minimum Gasteiger partial charge on any atom is -0.342 e. The molecule has 4 rings (SSSR count). The Balaban J connectivity index is 1.61. The number of hydrogen-bond acceptors (Lipinski definition) is 6. The van der Waals surface area contributed by atoms with Gasteiger partial charge in [-0.25, -0.2) is 4.98 Å². The number of benzene rings is 1. The fraction of sp³-hybridized carbons (Fsp3) is 0.476. The van der Waals surface area contributed by atoms with Crippen LogP contribution in [0.5, 0.6) is 0 Å². The zero-order valence-corrected chi connectivity index (χ0v) is 16.8. The van der Waals surface area contributed by atoms with Gasteiger partial charge in [0, 0.05) is 6.92 Å². The highest BCUT2D eigenvalue weighted by Gasteiger charge is 2.38. The van der Waals surface area contributed by atoms with Crippen LogP contribution >= 0.6 is 0 Å². The third-order valence-corrected chi connectivity index (χ3v) is 5.66. The van der Waals surface area contributed by atoms with Crippen LogP contribution in [0.3, 0.4) is 0 Å². The number of amides is 1. The second-order valence-corrected chi connectivity index (χ2v) is 7.83. The summed E-state index contributed by atoms with van der Waals surface area (Å²) in [6.45, 7) is 3.55. The maximum atomic E-state index is 12.9. The molecule has 8 heteroatoms. The van der Waals surface area contributed by atoms with Crippen LogP contribution in [0.2, 0.25) is 0 Å². The number of carbonyl (C=O) groups is 1. The molecule has 1 N–H and O–H groups in total. The number of nitrogens with zero attached hydrogens (tertiary/aromatic N) is 4. The van der Waals surface area contributed by atoms with Crippen molar-refractivity contribution in [1.82, 2.24) is 25.0 Å². The van der Waals surface area contributed by atoms with Crippen molar-refractivity contribution in [3.05, 3.63) is 52.2 Å². The van der Waals surface area contributed by atoms with Crippen LogP contribution in [0.15, 0.2) is 33.8 Å². The van der Waals surface area contributed by atoms with E-state index in [0.29, 0.717) is 22.6 Å². The molecule has 8 nitrogen and oxygen atoms in total. The predicted molar refractivity (Wildman–Crippen MR) is 107 cm³/mol. The van der Waals surface area contributed by atoms with Crippen molar-refractivity contribution in [3.63, 3.8) is 0 Å². The first-order valence-corrected chi connectivity index (χ1v) is 10.1. The lowest BCUT2D eigenvalue weighted by molar-refractivity contribution is -0.124. The molecule has 2 heterocycles. The molecule has 1 aliphatic carbocycles. The smallest absolute Gasteiger partial charge is 0.261 e. The maximum Gasteiger partial charge on any atom is 0.261 e. The summed E-state index contributed by atoms with van der Waals surface area (Å²) in [5.41, 5.74) is 0.715. The Hall–Kier alpha value is -3.03. The van der Waals surface area contributed by atoms with E-state index in [2.05, 4.69) is 20.4 Å². The minimum absolute atomic E-state index is 0.103. The number of hydrogen-bond donors (Lipinski definition) is 1. The van der Waals surface area contributed by atoms with Gasteiger partial charge in [-0.3, -0.25) is 14.2 Å². The number of nitrogens with one attached hydrogen (secondary N) is 1. The van der Waals surface area contributed by atoms with Crippen LogP contribution in [-0.4, -0.2) is 25.6 Å². The number of para-hydroxylation sites is 1. The first-order valence-electron chi connectivity index (χ1n) is 10.1. The molecule has 152 valence electrons. The zero-order valence-electron chi connectivity index (χ0n) is 16.8. The fourth-order valence-electron chi connectivity index (χ4n) is 4.14. The van der Waals surface area contributed by atoms with Crippen molar-refractivity contribution in [2.24, 2.45) is 0 Å². The standard InChI is InChI=1S/C21H25N5O3/c1-14-8-7-9-16-18(14)22-13-26(19(16)28)12-17(27)24-21(10-5-3-4-6-11-21)20-23-15(2)29-25-20/h7-9,13H,3-6,10-12H2,1-2H3,(H,24,27). The van der Waals surface area contributed by atoms with E-state index in [1.165, 1.54) is 10.9 Å². The number of aromatic nitrogens is 4. The van der Waals surface area contributed by atoms with Gasteiger partial charge in [0.2, 0.25) is 11.8 Å². The van der Waals surface area contributed by atoms with Crippen molar-refractivity contribution in [2.75, 3.05) is 0 Å². The van der Waals surface area contributed by atoms with Crippen molar-refractivity contribution in [3.8, 4) is 0 Å². The van der Waals surface area contributed by atoms with Crippen LogP contribution in [-0.2, 0) is 16.9 Å². The Labute approximate surface area is 168 Å². The van der Waals surface area contributed by atoms with Gasteiger partial charge in [0.1, 0.15) is 12.1 Å². The molecule has 2 aromatic heterocycles. The van der Waals surface area contributed by atoms with Crippen LogP contribution in [0.4, 0.5) is 0 Å². The molecule has 29 heavy (non-hydrogen) atoms. The Morgan fingerprint density at radius 1 is 1.21 bits per heavy atom. The van der Waals surface area contributed by atoms with E-state index in [-0.39, 0.29) is 18.0 Å². The summed E-state index contributed by atoms with van der Waals surface area (Å²) < 4.78 is 6.53. The van der Waals surface area contributed by atoms with E-state index in [4.69, 9.17) is 4.52 Å². The van der Waals surface area contributed by atoms with E-state index < -0.39 is 5.54 Å². The number of aryl methyl sites for hydroxylation is 2. The first kappa shape index (κ1) is 19.3. The van der Waals surface area contributed by atoms with E-state index in [1.807, 2.05) is 19.1 Å². The molecular weight excluding hydrogens is 370 g/mol. The number of fused-ring (bicyclic) bond motifs is 1. The van der Waals surface area contributed by atoms with Gasteiger partial charge < -0.3 is 9.84 Å². The molecule has 0 radical (unpaired) electrons. The second-order valence-electron chi connectivity index (χ2n) is 7.83. The molecule has 1 fully saturated rings. The molecule has 0 aliphatic heterocycles. The molecule has 0 spiro atoms. The van der Waals surface area contributed by atoms with Gasteiger partial charge in [0.05, 0.1) is 17.2 Å². The summed E-state index contributed by atoms with van der Waals surface area (Å²) in [4.78, 5) is 34.6. The number of carbonyl (C=O) groups excluding carboxylic acids is 1. The summed E-state index contributed by atoms with van der Waals surface area (Å²) in [5, 5.41) is 7.74. The lowest BCUT2D eigenvalue weighted by Crippen LogP contribution is -2.48. The topological polar surface area (TPSA) is 103 Å². The summed E-state index contributed by atoms with van der Waals surface area (Å²) in [6.07, 6.45) is 7.12. The van der Waals surface area contributed by atoms with Crippen molar-refractivity contribution >= 4 is 16.8 Å². The third-order valence-electron chi connectivity index (χ3n) is 5.66. The molecular formula is C21H25N5O3. The van der Waals surface area contributed by atoms with Gasteiger partial charge in [-0.2, -0.15) is 4.98 Å². The summed E-state index contributed by atoms with van der Waals surface area (Å²) in [6, 6.07) is 5.47. The lowest BCUT2D eigenvalue weighted by Gasteiger charge is -2.30. The minimum atomic E-state index is -0.657. The molecule has 0 bridgehead atoms. The summed E-state index contributed by atoms with van der Waals surface area (Å²) in [5.74, 6) is 0.735. The molecule has 3 aromatic rings. The molecule has 0 unspecified atom stereocenters. The quantitative estimate of drug-likeness (QED) is 0.682. The van der Waals surface area contributed by atoms with Crippen molar-refractivity contribution < 1.29 is 9.32 Å². The van der Waals surface area contributed by atoms with Crippen molar-refractivity contribution in [2.45, 2.75) is 64.5 Å². The monoisotopic (exact) mass is 395 g/mol. The van der Waals surface area contributed by atoms with E-state index in [0.717, 1.165) is 44.1 Å². The van der Waals surface area contributed by atoms with Crippen LogP contribution in [0, 0.1) is 13.8 Å². The summed E-state index contributed by atoms with van der Waals surface area (Å²) >= 11 is 0. The van der Waals surface area contributed by atoms with Gasteiger partial charge >= 0.3 is 0 Å². The largest absolute Gasteiger partial charge is 0.342 e. The average molecular weight is 395 g/mol. The van der Waals surface area contributed by atoms with Gasteiger partial charge in [0.15, 0.2) is 5.82 Å². The van der Waals surface area contributed by atoms with Crippen LogP contribution in [0.25, 0.3) is 10.9 Å². The van der Waals surface area contributed by atoms with Gasteiger partial charge in [-0.15, -0.1) is 0 Å². The molecule has 1 saturated carbocycles. The highest BCUT2D eigenvalue weighted by Crippen LogP contribution is 2.34. The first-order chi connectivity index (χ1) is 14.0. The molecule has 0 atom stereocenters. The predicted octanol–water partition coefficient (Wildman–Crippen LogP) is 2.76. The molecule has 1 amide bonds. The maximum absolute atomic E-state index is 12.9. The number of rotatable bonds is 4. The van der Waals surface area contributed by atoms with Gasteiger partial charge in [0.25, 0.3) is 5.56 Å². The molecule has 1 aromatic carbocycles. The average Bonchev–Trinajstić information content (AvgIpc) is 3.00. The highest BCUT2D eigenvalue weighted by atomic mass is 16.5. The molecule has 1 aliphatic rings. The Morgan fingerprint density at radius 3 is 2.66 bits per heavy atom. The van der Waals surface area contributed by atoms with Gasteiger partial charge in [-0.05, 0) is 31.4 Å². The van der Waals surface area contributed by atoms with Crippen molar-refractivity contribution in [1.29, 1.82) is 0 Å². The Kier molecular flexibility index (Phi) is 5.17. The highest BCUT2D eigenvalue weighted by molar-refractivity contribution is 5.81. The van der Waals surface area contributed by atoms with Crippen LogP contribution < -0.4 is 10.9 Å². The Morgan fingerprint density at radius 2 is 1.97 bits per heavy atom. The van der Waals surface area contributed by atoms with E-state index in [9.17, 15) is 9.59 Å². The van der Waals surface area contributed by atoms with E-state index >= 15 is 0 Å². The van der Waals surface area contributed by atoms with Crippen LogP contribution in [0.1, 0.15) is 55.8 Å². The third kappa shape index (κ3) is 3.79. The second kappa shape index (κ2) is 7.77. The zero-order chi connectivity index (χ0) is 20.4. The SMILES string of the molecule is Cc1nc(C2(NC(=O)Cn3cnc4c(C)cccc4c3=O)CCCCCC2)no1. The normalized spacial score (nSPS) is 16.5. The van der Waals surface area contributed by atoms with E-state index in [1.54, 1.807) is 13.0 Å². The summed E-state index contributed by atoms with van der Waals surface area (Å²) in [7, 11) is 0.